The average Bonchev–Trinajstić information content (AvgIpc) is 2.91. The first-order chi connectivity index (χ1) is 13.3. The summed E-state index contributed by atoms with van der Waals surface area (Å²) < 4.78 is 8.29. The molecule has 28 heavy (non-hydrogen) atoms. The second-order valence-corrected chi connectivity index (χ2v) is 6.79. The molecule has 0 aliphatic heterocycles. The highest BCUT2D eigenvalue weighted by molar-refractivity contribution is 6.30. The zero-order chi connectivity index (χ0) is 20.4. The van der Waals surface area contributed by atoms with Gasteiger partial charge in [0, 0.05) is 17.8 Å². The minimum atomic E-state index is -1.11. The van der Waals surface area contributed by atoms with Crippen LogP contribution in [-0.4, -0.2) is 27.2 Å². The SMILES string of the molecule is Cc1c(C(=O)C(C)OC(=O)c2ccc(Cl)cc2)c(=O)n(-c2ccccc2)n1C. The molecule has 1 heterocycles. The Labute approximate surface area is 166 Å². The van der Waals surface area contributed by atoms with Crippen LogP contribution in [0.4, 0.5) is 0 Å². The molecule has 6 nitrogen and oxygen atoms in total. The Morgan fingerprint density at radius 1 is 1.04 bits per heavy atom. The minimum Gasteiger partial charge on any atom is -0.451 e. The van der Waals surface area contributed by atoms with Crippen molar-refractivity contribution in [3.05, 3.63) is 86.8 Å². The number of hydrogen-bond donors (Lipinski definition) is 0. The first kappa shape index (κ1) is 19.6. The Balaban J connectivity index is 1.89. The topological polar surface area (TPSA) is 70.3 Å². The maximum atomic E-state index is 12.9. The maximum absolute atomic E-state index is 12.9. The van der Waals surface area contributed by atoms with Gasteiger partial charge in [0.25, 0.3) is 5.56 Å². The number of nitrogens with zero attached hydrogens (tertiary/aromatic N) is 2. The molecule has 0 bridgehead atoms. The molecule has 0 saturated carbocycles. The number of Topliss-reactive ketones (excluding diaryl/α,β-unsaturated/α-hetero) is 1. The normalized spacial score (nSPS) is 11.9. The van der Waals surface area contributed by atoms with Crippen molar-refractivity contribution >= 4 is 23.4 Å². The smallest absolute Gasteiger partial charge is 0.338 e. The van der Waals surface area contributed by atoms with Crippen LogP contribution in [0.1, 0.15) is 33.3 Å². The lowest BCUT2D eigenvalue weighted by molar-refractivity contribution is 0.0318. The zero-order valence-electron chi connectivity index (χ0n) is 15.7. The Morgan fingerprint density at radius 3 is 2.25 bits per heavy atom. The van der Waals surface area contributed by atoms with Crippen LogP contribution in [-0.2, 0) is 11.8 Å². The molecule has 144 valence electrons. The summed E-state index contributed by atoms with van der Waals surface area (Å²) in [5.41, 5.74) is 0.958. The van der Waals surface area contributed by atoms with E-state index in [0.29, 0.717) is 16.4 Å². The summed E-state index contributed by atoms with van der Waals surface area (Å²) in [4.78, 5) is 38.1. The number of carbonyl (C=O) groups excluding carboxylic acids is 2. The van der Waals surface area contributed by atoms with Crippen molar-refractivity contribution in [3.63, 3.8) is 0 Å². The van der Waals surface area contributed by atoms with E-state index < -0.39 is 23.4 Å². The number of halogens is 1. The summed E-state index contributed by atoms with van der Waals surface area (Å²) in [6.07, 6.45) is -1.11. The molecule has 0 radical (unpaired) electrons. The molecule has 3 aromatic rings. The van der Waals surface area contributed by atoms with Crippen molar-refractivity contribution in [2.75, 3.05) is 0 Å². The zero-order valence-corrected chi connectivity index (χ0v) is 16.4. The molecule has 1 aromatic heterocycles. The summed E-state index contributed by atoms with van der Waals surface area (Å²) in [6, 6.07) is 15.2. The Morgan fingerprint density at radius 2 is 1.64 bits per heavy atom. The van der Waals surface area contributed by atoms with Crippen LogP contribution < -0.4 is 5.56 Å². The summed E-state index contributed by atoms with van der Waals surface area (Å²) in [6.45, 7) is 3.14. The van der Waals surface area contributed by atoms with E-state index in [1.807, 2.05) is 18.2 Å². The van der Waals surface area contributed by atoms with Gasteiger partial charge in [0.15, 0.2) is 6.10 Å². The van der Waals surface area contributed by atoms with Crippen LogP contribution in [0.2, 0.25) is 5.02 Å². The Kier molecular flexibility index (Phi) is 5.51. The third-order valence-corrected chi connectivity index (χ3v) is 4.79. The minimum absolute atomic E-state index is 0.00255. The molecule has 0 aliphatic carbocycles. The van der Waals surface area contributed by atoms with Crippen molar-refractivity contribution in [1.82, 2.24) is 9.36 Å². The largest absolute Gasteiger partial charge is 0.451 e. The molecule has 7 heteroatoms. The molecule has 0 amide bonds. The first-order valence-corrected chi connectivity index (χ1v) is 9.04. The van der Waals surface area contributed by atoms with Gasteiger partial charge in [-0.15, -0.1) is 0 Å². The van der Waals surface area contributed by atoms with Crippen LogP contribution >= 0.6 is 11.6 Å². The molecular formula is C21H19ClN2O4. The van der Waals surface area contributed by atoms with Crippen molar-refractivity contribution in [2.45, 2.75) is 20.0 Å². The Hall–Kier alpha value is -3.12. The molecule has 0 aliphatic rings. The second-order valence-electron chi connectivity index (χ2n) is 6.36. The predicted molar refractivity (Wildman–Crippen MR) is 106 cm³/mol. The van der Waals surface area contributed by atoms with E-state index in [2.05, 4.69) is 0 Å². The van der Waals surface area contributed by atoms with E-state index in [0.717, 1.165) is 0 Å². The van der Waals surface area contributed by atoms with Gasteiger partial charge in [-0.05, 0) is 50.2 Å². The monoisotopic (exact) mass is 398 g/mol. The van der Waals surface area contributed by atoms with Crippen molar-refractivity contribution in [2.24, 2.45) is 7.05 Å². The fourth-order valence-electron chi connectivity index (χ4n) is 2.92. The van der Waals surface area contributed by atoms with Crippen LogP contribution in [0, 0.1) is 6.92 Å². The van der Waals surface area contributed by atoms with E-state index >= 15 is 0 Å². The molecule has 1 unspecified atom stereocenters. The first-order valence-electron chi connectivity index (χ1n) is 8.66. The van der Waals surface area contributed by atoms with Crippen LogP contribution in [0.25, 0.3) is 5.69 Å². The van der Waals surface area contributed by atoms with E-state index in [1.165, 1.54) is 23.7 Å². The van der Waals surface area contributed by atoms with Gasteiger partial charge in [0.05, 0.1) is 11.3 Å². The molecule has 1 atom stereocenters. The maximum Gasteiger partial charge on any atom is 0.338 e. The van der Waals surface area contributed by atoms with Gasteiger partial charge in [-0.1, -0.05) is 29.8 Å². The van der Waals surface area contributed by atoms with E-state index in [-0.39, 0.29) is 11.1 Å². The van der Waals surface area contributed by atoms with E-state index in [1.54, 1.807) is 42.9 Å². The van der Waals surface area contributed by atoms with Crippen LogP contribution in [0.3, 0.4) is 0 Å². The number of hydrogen-bond acceptors (Lipinski definition) is 4. The third kappa shape index (κ3) is 3.64. The summed E-state index contributed by atoms with van der Waals surface area (Å²) in [7, 11) is 1.70. The van der Waals surface area contributed by atoms with E-state index in [4.69, 9.17) is 16.3 Å². The van der Waals surface area contributed by atoms with Gasteiger partial charge in [-0.25, -0.2) is 9.48 Å². The lowest BCUT2D eigenvalue weighted by Gasteiger charge is -2.11. The van der Waals surface area contributed by atoms with Gasteiger partial charge in [0.1, 0.15) is 5.56 Å². The number of benzene rings is 2. The van der Waals surface area contributed by atoms with Gasteiger partial charge in [-0.3, -0.25) is 14.3 Å². The van der Waals surface area contributed by atoms with Crippen molar-refractivity contribution in [3.8, 4) is 5.69 Å². The molecule has 0 N–H and O–H groups in total. The highest BCUT2D eigenvalue weighted by Gasteiger charge is 2.28. The standard InChI is InChI=1S/C21H19ClN2O4/c1-13-18(20(26)24(23(13)3)17-7-5-4-6-8-17)19(25)14(2)28-21(27)15-9-11-16(22)12-10-15/h4-12,14H,1-3H3. The Bertz CT molecular complexity index is 1080. The van der Waals surface area contributed by atoms with Gasteiger partial charge in [-0.2, -0.15) is 0 Å². The molecular weight excluding hydrogens is 380 g/mol. The fourth-order valence-corrected chi connectivity index (χ4v) is 3.05. The van der Waals surface area contributed by atoms with E-state index in [9.17, 15) is 14.4 Å². The highest BCUT2D eigenvalue weighted by atomic mass is 35.5. The average molecular weight is 399 g/mol. The molecule has 3 rings (SSSR count). The molecule has 2 aromatic carbocycles. The summed E-state index contributed by atoms with van der Waals surface area (Å²) in [5, 5.41) is 0.488. The third-order valence-electron chi connectivity index (χ3n) is 4.53. The number of carbonyl (C=O) groups is 2. The lowest BCUT2D eigenvalue weighted by Crippen LogP contribution is -2.30. The van der Waals surface area contributed by atoms with Crippen LogP contribution in [0.5, 0.6) is 0 Å². The van der Waals surface area contributed by atoms with Crippen molar-refractivity contribution < 1.29 is 14.3 Å². The van der Waals surface area contributed by atoms with Crippen molar-refractivity contribution in [1.29, 1.82) is 0 Å². The number of ether oxygens (including phenoxy) is 1. The van der Waals surface area contributed by atoms with Gasteiger partial charge < -0.3 is 4.74 Å². The quantitative estimate of drug-likeness (QED) is 0.486. The number of ketones is 1. The number of esters is 1. The second kappa shape index (κ2) is 7.86. The van der Waals surface area contributed by atoms with Gasteiger partial charge in [0.2, 0.25) is 5.78 Å². The predicted octanol–water partition coefficient (Wildman–Crippen LogP) is 3.57. The highest BCUT2D eigenvalue weighted by Crippen LogP contribution is 2.15. The number of rotatable bonds is 5. The number of para-hydroxylation sites is 1. The van der Waals surface area contributed by atoms with Crippen LogP contribution in [0.15, 0.2) is 59.4 Å². The van der Waals surface area contributed by atoms with Gasteiger partial charge >= 0.3 is 5.97 Å². The summed E-state index contributed by atoms with van der Waals surface area (Å²) in [5.74, 6) is -1.20. The molecule has 0 fully saturated rings. The molecule has 0 saturated heterocycles. The molecule has 0 spiro atoms. The fraction of sp³-hybridized carbons (Fsp3) is 0.190. The lowest BCUT2D eigenvalue weighted by atomic mass is 10.1. The summed E-state index contributed by atoms with van der Waals surface area (Å²) >= 11 is 5.81. The number of aromatic nitrogens is 2.